The Bertz CT molecular complexity index is 168. The third kappa shape index (κ3) is 3.77. The highest BCUT2D eigenvalue weighted by molar-refractivity contribution is 5.80. The molecule has 0 aliphatic carbocycles. The first kappa shape index (κ1) is 12.4. The first-order valence-corrected chi connectivity index (χ1v) is 4.82. The number of esters is 1. The number of carbonyl (C=O) groups excluding carboxylic acids is 1. The van der Waals surface area contributed by atoms with Crippen LogP contribution in [0.1, 0.15) is 40.5 Å². The van der Waals surface area contributed by atoms with Crippen molar-refractivity contribution in [3.05, 3.63) is 0 Å². The van der Waals surface area contributed by atoms with Gasteiger partial charge in [0.25, 0.3) is 0 Å². The van der Waals surface area contributed by atoms with E-state index < -0.39 is 5.54 Å². The summed E-state index contributed by atoms with van der Waals surface area (Å²) in [6, 6.07) is 0.288. The summed E-state index contributed by atoms with van der Waals surface area (Å²) in [5.41, 5.74) is -0.530. The van der Waals surface area contributed by atoms with Gasteiger partial charge < -0.3 is 4.74 Å². The zero-order valence-corrected chi connectivity index (χ0v) is 9.31. The van der Waals surface area contributed by atoms with Gasteiger partial charge in [0, 0.05) is 6.04 Å². The van der Waals surface area contributed by atoms with Gasteiger partial charge in [-0.3, -0.25) is 10.1 Å². The SMILES string of the molecule is CCCC(C)(NC(C)C)C(=O)OC. The quantitative estimate of drug-likeness (QED) is 0.666. The Labute approximate surface area is 80.8 Å². The van der Waals surface area contributed by atoms with E-state index in [1.165, 1.54) is 7.11 Å². The molecule has 0 aliphatic rings. The molecular formula is C10H21NO2. The molecule has 0 rings (SSSR count). The number of nitrogens with one attached hydrogen (secondary N) is 1. The maximum atomic E-state index is 11.5. The highest BCUT2D eigenvalue weighted by Crippen LogP contribution is 2.14. The Hall–Kier alpha value is -0.570. The lowest BCUT2D eigenvalue weighted by atomic mass is 9.95. The van der Waals surface area contributed by atoms with Gasteiger partial charge in [-0.25, -0.2) is 0 Å². The molecule has 0 amide bonds. The molecular weight excluding hydrogens is 166 g/mol. The lowest BCUT2D eigenvalue weighted by Gasteiger charge is -2.29. The van der Waals surface area contributed by atoms with Crippen LogP contribution in [0.3, 0.4) is 0 Å². The second-order valence-corrected chi connectivity index (χ2v) is 3.87. The lowest BCUT2D eigenvalue weighted by molar-refractivity contribution is -0.148. The van der Waals surface area contributed by atoms with Crippen LogP contribution >= 0.6 is 0 Å². The summed E-state index contributed by atoms with van der Waals surface area (Å²) in [7, 11) is 1.43. The maximum absolute atomic E-state index is 11.5. The van der Waals surface area contributed by atoms with Crippen LogP contribution in [-0.2, 0) is 9.53 Å². The van der Waals surface area contributed by atoms with Crippen molar-refractivity contribution in [1.29, 1.82) is 0 Å². The van der Waals surface area contributed by atoms with E-state index in [4.69, 9.17) is 4.74 Å². The van der Waals surface area contributed by atoms with E-state index in [2.05, 4.69) is 12.2 Å². The van der Waals surface area contributed by atoms with Crippen LogP contribution in [0, 0.1) is 0 Å². The second kappa shape index (κ2) is 5.22. The molecule has 0 bridgehead atoms. The minimum atomic E-state index is -0.530. The fraction of sp³-hybridized carbons (Fsp3) is 0.900. The van der Waals surface area contributed by atoms with E-state index in [9.17, 15) is 4.79 Å². The summed E-state index contributed by atoms with van der Waals surface area (Å²) in [5.74, 6) is -0.178. The number of carbonyl (C=O) groups is 1. The lowest BCUT2D eigenvalue weighted by Crippen LogP contribution is -2.52. The summed E-state index contributed by atoms with van der Waals surface area (Å²) in [6.07, 6.45) is 1.77. The van der Waals surface area contributed by atoms with Gasteiger partial charge in [0.05, 0.1) is 7.11 Å². The number of hydrogen-bond acceptors (Lipinski definition) is 3. The van der Waals surface area contributed by atoms with E-state index in [0.717, 1.165) is 12.8 Å². The van der Waals surface area contributed by atoms with Gasteiger partial charge in [-0.1, -0.05) is 13.3 Å². The van der Waals surface area contributed by atoms with E-state index in [1.807, 2.05) is 20.8 Å². The van der Waals surface area contributed by atoms with Crippen molar-refractivity contribution in [3.8, 4) is 0 Å². The van der Waals surface area contributed by atoms with E-state index in [-0.39, 0.29) is 12.0 Å². The molecule has 0 aromatic carbocycles. The predicted octanol–water partition coefficient (Wildman–Crippen LogP) is 1.72. The molecule has 0 saturated heterocycles. The molecule has 1 N–H and O–H groups in total. The molecule has 0 heterocycles. The number of methoxy groups -OCH3 is 1. The molecule has 3 nitrogen and oxygen atoms in total. The third-order valence-electron chi connectivity index (χ3n) is 1.99. The van der Waals surface area contributed by atoms with Crippen molar-refractivity contribution in [2.24, 2.45) is 0 Å². The molecule has 1 atom stereocenters. The molecule has 0 radical (unpaired) electrons. The molecule has 0 spiro atoms. The Morgan fingerprint density at radius 3 is 2.38 bits per heavy atom. The topological polar surface area (TPSA) is 38.3 Å². The third-order valence-corrected chi connectivity index (χ3v) is 1.99. The number of ether oxygens (including phenoxy) is 1. The minimum Gasteiger partial charge on any atom is -0.468 e. The van der Waals surface area contributed by atoms with Crippen LogP contribution < -0.4 is 5.32 Å². The van der Waals surface area contributed by atoms with Gasteiger partial charge in [-0.2, -0.15) is 0 Å². The first-order chi connectivity index (χ1) is 5.96. The molecule has 3 heteroatoms. The van der Waals surface area contributed by atoms with Gasteiger partial charge in [0.2, 0.25) is 0 Å². The van der Waals surface area contributed by atoms with Gasteiger partial charge in [-0.05, 0) is 27.2 Å². The smallest absolute Gasteiger partial charge is 0.325 e. The van der Waals surface area contributed by atoms with Gasteiger partial charge in [-0.15, -0.1) is 0 Å². The predicted molar refractivity (Wildman–Crippen MR) is 53.6 cm³/mol. The molecule has 78 valence electrons. The molecule has 1 unspecified atom stereocenters. The second-order valence-electron chi connectivity index (χ2n) is 3.87. The van der Waals surface area contributed by atoms with Crippen LogP contribution in [-0.4, -0.2) is 24.7 Å². The summed E-state index contributed by atoms with van der Waals surface area (Å²) in [6.45, 7) is 8.00. The summed E-state index contributed by atoms with van der Waals surface area (Å²) >= 11 is 0. The Morgan fingerprint density at radius 2 is 2.08 bits per heavy atom. The van der Waals surface area contributed by atoms with Crippen LogP contribution in [0.25, 0.3) is 0 Å². The minimum absolute atomic E-state index is 0.178. The maximum Gasteiger partial charge on any atom is 0.325 e. The summed E-state index contributed by atoms with van der Waals surface area (Å²) < 4.78 is 4.77. The van der Waals surface area contributed by atoms with Crippen molar-refractivity contribution in [3.63, 3.8) is 0 Å². The summed E-state index contributed by atoms with van der Waals surface area (Å²) in [5, 5.41) is 3.23. The van der Waals surface area contributed by atoms with Gasteiger partial charge in [0.1, 0.15) is 5.54 Å². The Morgan fingerprint density at radius 1 is 1.54 bits per heavy atom. The van der Waals surface area contributed by atoms with Crippen molar-refractivity contribution in [1.82, 2.24) is 5.32 Å². The highest BCUT2D eigenvalue weighted by Gasteiger charge is 2.33. The monoisotopic (exact) mass is 187 g/mol. The molecule has 0 saturated carbocycles. The van der Waals surface area contributed by atoms with Crippen LogP contribution in [0.2, 0.25) is 0 Å². The molecule has 0 fully saturated rings. The number of rotatable bonds is 5. The van der Waals surface area contributed by atoms with E-state index in [1.54, 1.807) is 0 Å². The Balaban J connectivity index is 4.41. The highest BCUT2D eigenvalue weighted by atomic mass is 16.5. The average molecular weight is 187 g/mol. The largest absolute Gasteiger partial charge is 0.468 e. The van der Waals surface area contributed by atoms with Crippen molar-refractivity contribution >= 4 is 5.97 Å². The van der Waals surface area contributed by atoms with Crippen LogP contribution in [0.4, 0.5) is 0 Å². The molecule has 0 aromatic heterocycles. The molecule has 13 heavy (non-hydrogen) atoms. The van der Waals surface area contributed by atoms with E-state index >= 15 is 0 Å². The zero-order valence-electron chi connectivity index (χ0n) is 9.31. The zero-order chi connectivity index (χ0) is 10.5. The van der Waals surface area contributed by atoms with E-state index in [0.29, 0.717) is 0 Å². The van der Waals surface area contributed by atoms with Gasteiger partial charge in [0.15, 0.2) is 0 Å². The van der Waals surface area contributed by atoms with Crippen molar-refractivity contribution < 1.29 is 9.53 Å². The fourth-order valence-corrected chi connectivity index (χ4v) is 1.60. The van der Waals surface area contributed by atoms with Crippen LogP contribution in [0.5, 0.6) is 0 Å². The molecule has 0 aromatic rings. The van der Waals surface area contributed by atoms with Crippen LogP contribution in [0.15, 0.2) is 0 Å². The first-order valence-electron chi connectivity index (χ1n) is 4.82. The average Bonchev–Trinajstić information content (AvgIpc) is 2.02. The normalized spacial score (nSPS) is 15.5. The number of hydrogen-bond donors (Lipinski definition) is 1. The standard InChI is InChI=1S/C10H21NO2/c1-6-7-10(4,9(12)13-5)11-8(2)3/h8,11H,6-7H2,1-5H3. The van der Waals surface area contributed by atoms with Crippen molar-refractivity contribution in [2.75, 3.05) is 7.11 Å². The van der Waals surface area contributed by atoms with Gasteiger partial charge >= 0.3 is 5.97 Å². The Kier molecular flexibility index (Phi) is 4.99. The van der Waals surface area contributed by atoms with Crippen molar-refractivity contribution in [2.45, 2.75) is 52.1 Å². The molecule has 0 aliphatic heterocycles. The summed E-state index contributed by atoms with van der Waals surface area (Å²) in [4.78, 5) is 11.5. The fourth-order valence-electron chi connectivity index (χ4n) is 1.60.